The molecule has 3 aromatic rings. The van der Waals surface area contributed by atoms with Gasteiger partial charge in [-0.1, -0.05) is 24.3 Å². The van der Waals surface area contributed by atoms with Gasteiger partial charge in [-0.15, -0.1) is 0 Å². The van der Waals surface area contributed by atoms with E-state index in [0.29, 0.717) is 25.9 Å². The van der Waals surface area contributed by atoms with Gasteiger partial charge in [0.25, 0.3) is 10.0 Å². The van der Waals surface area contributed by atoms with Crippen molar-refractivity contribution >= 4 is 10.0 Å². The number of sulfonamides is 1. The molecule has 1 unspecified atom stereocenters. The lowest BCUT2D eigenvalue weighted by Gasteiger charge is -2.57. The van der Waals surface area contributed by atoms with Gasteiger partial charge >= 0.3 is 0 Å². The lowest BCUT2D eigenvalue weighted by atomic mass is 9.53. The van der Waals surface area contributed by atoms with Crippen molar-refractivity contribution in [1.29, 1.82) is 0 Å². The van der Waals surface area contributed by atoms with Crippen LogP contribution in [0, 0.1) is 11.3 Å². The number of aliphatic hydroxyl groups excluding tert-OH is 1. The van der Waals surface area contributed by atoms with E-state index in [4.69, 9.17) is 0 Å². The maximum Gasteiger partial charge on any atom is 0.262 e. The Morgan fingerprint density at radius 2 is 1.94 bits per heavy atom. The highest BCUT2D eigenvalue weighted by Crippen LogP contribution is 2.59. The van der Waals surface area contributed by atoms with Gasteiger partial charge in [0.2, 0.25) is 0 Å². The highest BCUT2D eigenvalue weighted by atomic mass is 32.2. The van der Waals surface area contributed by atoms with Crippen molar-refractivity contribution < 1.29 is 13.5 Å². The van der Waals surface area contributed by atoms with Crippen LogP contribution in [0.4, 0.5) is 0 Å². The normalized spacial score (nSPS) is 27.1. The van der Waals surface area contributed by atoms with Crippen LogP contribution in [0.2, 0.25) is 0 Å². The summed E-state index contributed by atoms with van der Waals surface area (Å²) >= 11 is 0. The molecule has 4 heterocycles. The Kier molecular flexibility index (Phi) is 4.03. The number of nitrogens with zero attached hydrogens (tertiary/aromatic N) is 5. The minimum atomic E-state index is -3.59. The quantitative estimate of drug-likeness (QED) is 0.674. The lowest BCUT2D eigenvalue weighted by Crippen LogP contribution is -2.59. The lowest BCUT2D eigenvalue weighted by molar-refractivity contribution is -0.152. The van der Waals surface area contributed by atoms with Crippen molar-refractivity contribution in [2.75, 3.05) is 13.1 Å². The van der Waals surface area contributed by atoms with Crippen molar-refractivity contribution in [3.8, 4) is 11.3 Å². The standard InChI is InChI=1S/C22H25N5O3S/c1-25-9-6-19(24-25)31(29,30)26-10-7-22(8-11-26)12-17(21(22)28)20-16-5-3-2-4-15(16)18-13-23-14-27(18)20/h2-6,9,13-14,17,20-21,28H,7-8,10-12H2,1H3/t17-,20?,21+/m0/s1. The van der Waals surface area contributed by atoms with Gasteiger partial charge in [0, 0.05) is 37.8 Å². The summed E-state index contributed by atoms with van der Waals surface area (Å²) in [5.41, 5.74) is 3.33. The summed E-state index contributed by atoms with van der Waals surface area (Å²) in [7, 11) is -1.88. The van der Waals surface area contributed by atoms with E-state index in [9.17, 15) is 13.5 Å². The molecule has 2 fully saturated rings. The van der Waals surface area contributed by atoms with Gasteiger partial charge in [-0.2, -0.15) is 9.40 Å². The molecule has 2 aliphatic heterocycles. The molecule has 1 N–H and O–H groups in total. The molecule has 3 atom stereocenters. The summed E-state index contributed by atoms with van der Waals surface area (Å²) in [6.45, 7) is 0.834. The molecule has 6 rings (SSSR count). The van der Waals surface area contributed by atoms with Gasteiger partial charge in [0.1, 0.15) is 0 Å². The van der Waals surface area contributed by atoms with Crippen molar-refractivity contribution in [3.05, 3.63) is 54.6 Å². The monoisotopic (exact) mass is 439 g/mol. The number of rotatable bonds is 3. The Morgan fingerprint density at radius 1 is 1.16 bits per heavy atom. The van der Waals surface area contributed by atoms with Gasteiger partial charge in [-0.05, 0) is 36.3 Å². The number of fused-ring (bicyclic) bond motifs is 3. The zero-order valence-electron chi connectivity index (χ0n) is 17.3. The maximum absolute atomic E-state index is 12.9. The van der Waals surface area contributed by atoms with Gasteiger partial charge in [-0.3, -0.25) is 4.68 Å². The molecular formula is C22H25N5O3S. The number of aryl methyl sites for hydroxylation is 1. The minimum absolute atomic E-state index is 0.0876. The number of piperidine rings is 1. The van der Waals surface area contributed by atoms with E-state index in [1.807, 2.05) is 24.7 Å². The zero-order valence-corrected chi connectivity index (χ0v) is 18.1. The van der Waals surface area contributed by atoms with Gasteiger partial charge in [-0.25, -0.2) is 13.4 Å². The molecule has 0 amide bonds. The third-order valence-corrected chi connectivity index (χ3v) is 9.40. The van der Waals surface area contributed by atoms with E-state index in [1.54, 1.807) is 13.2 Å². The van der Waals surface area contributed by atoms with E-state index < -0.39 is 16.1 Å². The van der Waals surface area contributed by atoms with Crippen LogP contribution in [-0.2, 0) is 17.1 Å². The first-order valence-corrected chi connectivity index (χ1v) is 12.1. The molecule has 2 aromatic heterocycles. The summed E-state index contributed by atoms with van der Waals surface area (Å²) in [4.78, 5) is 4.33. The highest BCUT2D eigenvalue weighted by Gasteiger charge is 2.58. The second-order valence-electron chi connectivity index (χ2n) is 9.13. The molecular weight excluding hydrogens is 414 g/mol. The molecule has 9 heteroatoms. The second kappa shape index (κ2) is 6.51. The van der Waals surface area contributed by atoms with Gasteiger partial charge in [0.15, 0.2) is 5.03 Å². The number of benzene rings is 1. The third kappa shape index (κ3) is 2.63. The number of imidazole rings is 1. The fourth-order valence-electron chi connectivity index (χ4n) is 5.92. The van der Waals surface area contributed by atoms with Crippen molar-refractivity contribution in [2.45, 2.75) is 36.4 Å². The largest absolute Gasteiger partial charge is 0.392 e. The Bertz CT molecular complexity index is 1260. The number of aliphatic hydroxyl groups is 1. The maximum atomic E-state index is 12.9. The first-order chi connectivity index (χ1) is 14.9. The fourth-order valence-corrected chi connectivity index (χ4v) is 7.32. The smallest absolute Gasteiger partial charge is 0.262 e. The SMILES string of the molecule is Cn1ccc(S(=O)(=O)N2CCC3(CC2)C[C@@H](C2c4ccccc4-c4cncn42)[C@H]3O)n1. The average Bonchev–Trinajstić information content (AvgIpc) is 3.49. The molecule has 0 bridgehead atoms. The minimum Gasteiger partial charge on any atom is -0.392 e. The topological polar surface area (TPSA) is 93.2 Å². The van der Waals surface area contributed by atoms with Crippen LogP contribution in [0.5, 0.6) is 0 Å². The molecule has 3 aliphatic rings. The first kappa shape index (κ1) is 19.2. The molecule has 31 heavy (non-hydrogen) atoms. The highest BCUT2D eigenvalue weighted by molar-refractivity contribution is 7.89. The first-order valence-electron chi connectivity index (χ1n) is 10.7. The van der Waals surface area contributed by atoms with Crippen LogP contribution < -0.4 is 0 Å². The Morgan fingerprint density at radius 3 is 2.65 bits per heavy atom. The molecule has 1 saturated carbocycles. The predicted octanol–water partition coefficient (Wildman–Crippen LogP) is 2.04. The Labute approximate surface area is 181 Å². The predicted molar refractivity (Wildman–Crippen MR) is 114 cm³/mol. The van der Waals surface area contributed by atoms with Crippen molar-refractivity contribution in [2.24, 2.45) is 18.4 Å². The zero-order chi connectivity index (χ0) is 21.4. The molecule has 8 nitrogen and oxygen atoms in total. The molecule has 0 radical (unpaired) electrons. The van der Waals surface area contributed by atoms with Gasteiger partial charge in [0.05, 0.1) is 30.4 Å². The molecule has 162 valence electrons. The van der Waals surface area contributed by atoms with E-state index in [0.717, 1.165) is 12.1 Å². The van der Waals surface area contributed by atoms with Crippen LogP contribution in [0.1, 0.15) is 30.9 Å². The van der Waals surface area contributed by atoms with E-state index in [1.165, 1.54) is 26.2 Å². The summed E-state index contributed by atoms with van der Waals surface area (Å²) in [5, 5.41) is 15.5. The van der Waals surface area contributed by atoms with Gasteiger partial charge < -0.3 is 9.67 Å². The summed E-state index contributed by atoms with van der Waals surface area (Å²) in [6.07, 6.45) is 7.16. The number of aromatic nitrogens is 4. The summed E-state index contributed by atoms with van der Waals surface area (Å²) in [6, 6.07) is 9.97. The van der Waals surface area contributed by atoms with E-state index in [2.05, 4.69) is 26.8 Å². The number of hydrogen-bond acceptors (Lipinski definition) is 5. The molecule has 1 aliphatic carbocycles. The molecule has 1 saturated heterocycles. The average molecular weight is 440 g/mol. The third-order valence-electron chi connectivity index (χ3n) is 7.61. The van der Waals surface area contributed by atoms with Crippen LogP contribution in [-0.4, -0.2) is 56.4 Å². The van der Waals surface area contributed by atoms with Crippen molar-refractivity contribution in [3.63, 3.8) is 0 Å². The second-order valence-corrected chi connectivity index (χ2v) is 11.0. The Balaban J connectivity index is 1.21. The van der Waals surface area contributed by atoms with Crippen LogP contribution in [0.3, 0.4) is 0 Å². The summed E-state index contributed by atoms with van der Waals surface area (Å²) in [5.74, 6) is 0.107. The Hall–Kier alpha value is -2.49. The van der Waals surface area contributed by atoms with E-state index in [-0.39, 0.29) is 22.4 Å². The van der Waals surface area contributed by atoms with Crippen LogP contribution >= 0.6 is 0 Å². The fraction of sp³-hybridized carbons (Fsp3) is 0.455. The van der Waals surface area contributed by atoms with Crippen LogP contribution in [0.25, 0.3) is 11.3 Å². The van der Waals surface area contributed by atoms with E-state index >= 15 is 0 Å². The van der Waals surface area contributed by atoms with Crippen LogP contribution in [0.15, 0.2) is 54.1 Å². The molecule has 1 spiro atoms. The van der Waals surface area contributed by atoms with Crippen molar-refractivity contribution in [1.82, 2.24) is 23.6 Å². The molecule has 1 aromatic carbocycles. The number of hydrogen-bond donors (Lipinski definition) is 1. The summed E-state index contributed by atoms with van der Waals surface area (Å²) < 4.78 is 31.0.